The summed E-state index contributed by atoms with van der Waals surface area (Å²) in [6, 6.07) is -0.971. The quantitative estimate of drug-likeness (QED) is 0.433. The van der Waals surface area contributed by atoms with E-state index in [1.54, 1.807) is 6.92 Å². The molecule has 1 unspecified atom stereocenters. The number of carbonyl (C=O) groups excluding carboxylic acids is 1. The number of amides is 1. The molecule has 0 aromatic rings. The molecule has 0 aromatic heterocycles. The fourth-order valence-electron chi connectivity index (χ4n) is 0.636. The van der Waals surface area contributed by atoms with Gasteiger partial charge in [0.25, 0.3) is 0 Å². The molecule has 7 nitrogen and oxygen atoms in total. The standard InChI is InChI=1S/C8H14N2O5S2/c1-4(7(13)10-2-6(11)12)17-16-3-5(9)8(14)15/h4-5H,2-3,9H2,1H3,(H,10,13)(H,11,12)(H,14,15)/t4?,5-/m0/s1. The first-order valence-corrected chi connectivity index (χ1v) is 6.99. The van der Waals surface area contributed by atoms with Crippen LogP contribution in [0.15, 0.2) is 0 Å². The summed E-state index contributed by atoms with van der Waals surface area (Å²) in [5, 5.41) is 18.6. The number of carbonyl (C=O) groups is 3. The minimum atomic E-state index is -1.11. The Hall–Kier alpha value is -0.930. The second kappa shape index (κ2) is 8.20. The lowest BCUT2D eigenvalue weighted by molar-refractivity contribution is -0.138. The number of aliphatic carboxylic acids is 2. The Morgan fingerprint density at radius 1 is 1.35 bits per heavy atom. The Morgan fingerprint density at radius 3 is 2.41 bits per heavy atom. The molecule has 0 spiro atoms. The minimum Gasteiger partial charge on any atom is -0.480 e. The third kappa shape index (κ3) is 7.88. The van der Waals surface area contributed by atoms with Crippen molar-refractivity contribution in [3.63, 3.8) is 0 Å². The molecule has 0 aromatic carbocycles. The molecule has 9 heteroatoms. The van der Waals surface area contributed by atoms with E-state index in [0.717, 1.165) is 21.6 Å². The molecular weight excluding hydrogens is 268 g/mol. The molecule has 0 aliphatic carbocycles. The SMILES string of the molecule is CC(SSC[C@H](N)C(=O)O)C(=O)NCC(=O)O. The highest BCUT2D eigenvalue weighted by molar-refractivity contribution is 8.77. The predicted octanol–water partition coefficient (Wildman–Crippen LogP) is -0.631. The van der Waals surface area contributed by atoms with Gasteiger partial charge >= 0.3 is 11.9 Å². The van der Waals surface area contributed by atoms with Gasteiger partial charge in [0.15, 0.2) is 0 Å². The van der Waals surface area contributed by atoms with Crippen molar-refractivity contribution in [1.29, 1.82) is 0 Å². The van der Waals surface area contributed by atoms with Crippen LogP contribution in [0.2, 0.25) is 0 Å². The Labute approximate surface area is 106 Å². The first kappa shape index (κ1) is 16.1. The van der Waals surface area contributed by atoms with Crippen molar-refractivity contribution >= 4 is 39.4 Å². The van der Waals surface area contributed by atoms with Crippen LogP contribution >= 0.6 is 21.6 Å². The molecule has 0 aliphatic heterocycles. The maximum absolute atomic E-state index is 11.3. The summed E-state index contributed by atoms with van der Waals surface area (Å²) >= 11 is 0. The number of nitrogens with two attached hydrogens (primary N) is 1. The van der Waals surface area contributed by atoms with Gasteiger partial charge < -0.3 is 21.3 Å². The van der Waals surface area contributed by atoms with Gasteiger partial charge in [0.05, 0.1) is 5.25 Å². The summed E-state index contributed by atoms with van der Waals surface area (Å²) in [5.41, 5.74) is 5.27. The number of carboxylic acid groups (broad SMARTS) is 2. The highest BCUT2D eigenvalue weighted by Gasteiger charge is 2.17. The fraction of sp³-hybridized carbons (Fsp3) is 0.625. The maximum Gasteiger partial charge on any atom is 0.322 e. The van der Waals surface area contributed by atoms with Crippen LogP contribution in [0.4, 0.5) is 0 Å². The lowest BCUT2D eigenvalue weighted by Gasteiger charge is -2.11. The molecule has 0 bridgehead atoms. The summed E-state index contributed by atoms with van der Waals surface area (Å²) in [7, 11) is 2.31. The van der Waals surface area contributed by atoms with Crippen LogP contribution in [0.1, 0.15) is 6.92 Å². The lowest BCUT2D eigenvalue weighted by Crippen LogP contribution is -2.35. The molecule has 0 saturated heterocycles. The predicted molar refractivity (Wildman–Crippen MR) is 65.8 cm³/mol. The van der Waals surface area contributed by atoms with E-state index in [-0.39, 0.29) is 5.75 Å². The van der Waals surface area contributed by atoms with E-state index >= 15 is 0 Å². The molecule has 0 aliphatic rings. The third-order valence-electron chi connectivity index (χ3n) is 1.56. The van der Waals surface area contributed by atoms with Crippen LogP contribution in [0.5, 0.6) is 0 Å². The molecule has 5 N–H and O–H groups in total. The Bertz CT molecular complexity index is 300. The average Bonchev–Trinajstić information content (AvgIpc) is 2.25. The third-order valence-corrected chi connectivity index (χ3v) is 4.38. The van der Waals surface area contributed by atoms with Crippen LogP contribution < -0.4 is 11.1 Å². The van der Waals surface area contributed by atoms with Gasteiger partial charge in [-0.25, -0.2) is 0 Å². The van der Waals surface area contributed by atoms with Crippen LogP contribution in [0.25, 0.3) is 0 Å². The first-order chi connectivity index (χ1) is 7.84. The van der Waals surface area contributed by atoms with E-state index in [9.17, 15) is 14.4 Å². The lowest BCUT2D eigenvalue weighted by atomic mass is 10.4. The van der Waals surface area contributed by atoms with E-state index in [4.69, 9.17) is 15.9 Å². The van der Waals surface area contributed by atoms with E-state index in [2.05, 4.69) is 5.32 Å². The highest BCUT2D eigenvalue weighted by atomic mass is 33.1. The summed E-state index contributed by atoms with van der Waals surface area (Å²) in [6.45, 7) is 1.17. The van der Waals surface area contributed by atoms with Crippen LogP contribution in [0.3, 0.4) is 0 Å². The zero-order valence-corrected chi connectivity index (χ0v) is 10.7. The van der Waals surface area contributed by atoms with Crippen molar-refractivity contribution in [3.8, 4) is 0 Å². The molecular formula is C8H14N2O5S2. The fourth-order valence-corrected chi connectivity index (χ4v) is 2.93. The number of carboxylic acids is 2. The topological polar surface area (TPSA) is 130 Å². The second-order valence-corrected chi connectivity index (χ2v) is 5.83. The molecule has 0 radical (unpaired) electrons. The van der Waals surface area contributed by atoms with Gasteiger partial charge in [-0.05, 0) is 6.92 Å². The number of hydrogen-bond acceptors (Lipinski definition) is 6. The van der Waals surface area contributed by atoms with Gasteiger partial charge in [-0.15, -0.1) is 0 Å². The maximum atomic E-state index is 11.3. The highest BCUT2D eigenvalue weighted by Crippen LogP contribution is 2.26. The van der Waals surface area contributed by atoms with Crippen LogP contribution in [0, 0.1) is 0 Å². The monoisotopic (exact) mass is 282 g/mol. The van der Waals surface area contributed by atoms with Gasteiger partial charge in [-0.3, -0.25) is 14.4 Å². The van der Waals surface area contributed by atoms with Gasteiger partial charge in [0, 0.05) is 5.75 Å². The van der Waals surface area contributed by atoms with Crippen LogP contribution in [-0.4, -0.2) is 51.6 Å². The van der Waals surface area contributed by atoms with Gasteiger partial charge in [-0.2, -0.15) is 0 Å². The van der Waals surface area contributed by atoms with Crippen molar-refractivity contribution < 1.29 is 24.6 Å². The molecule has 98 valence electrons. The van der Waals surface area contributed by atoms with Crippen molar-refractivity contribution in [3.05, 3.63) is 0 Å². The molecule has 2 atom stereocenters. The summed E-state index contributed by atoms with van der Waals surface area (Å²) in [6.07, 6.45) is 0. The van der Waals surface area contributed by atoms with Crippen molar-refractivity contribution in [2.45, 2.75) is 18.2 Å². The molecule has 0 heterocycles. The molecule has 0 saturated carbocycles. The number of nitrogens with one attached hydrogen (secondary N) is 1. The minimum absolute atomic E-state index is 0.177. The van der Waals surface area contributed by atoms with Gasteiger partial charge in [-0.1, -0.05) is 21.6 Å². The zero-order chi connectivity index (χ0) is 13.4. The molecule has 0 fully saturated rings. The molecule has 17 heavy (non-hydrogen) atoms. The average molecular weight is 282 g/mol. The Balaban J connectivity index is 3.78. The second-order valence-electron chi connectivity index (χ2n) is 3.08. The van der Waals surface area contributed by atoms with E-state index in [1.165, 1.54) is 0 Å². The zero-order valence-electron chi connectivity index (χ0n) is 9.08. The largest absolute Gasteiger partial charge is 0.480 e. The molecule has 0 rings (SSSR count). The normalized spacial score (nSPS) is 13.8. The Kier molecular flexibility index (Phi) is 7.75. The van der Waals surface area contributed by atoms with E-state index in [0.29, 0.717) is 0 Å². The number of rotatable bonds is 8. The Morgan fingerprint density at radius 2 is 1.94 bits per heavy atom. The smallest absolute Gasteiger partial charge is 0.322 e. The first-order valence-electron chi connectivity index (χ1n) is 4.60. The number of hydrogen-bond donors (Lipinski definition) is 4. The van der Waals surface area contributed by atoms with Gasteiger partial charge in [0.2, 0.25) is 5.91 Å². The van der Waals surface area contributed by atoms with Crippen LogP contribution in [-0.2, 0) is 14.4 Å². The molecule has 1 amide bonds. The van der Waals surface area contributed by atoms with Crippen molar-refractivity contribution in [2.24, 2.45) is 5.73 Å². The summed E-state index contributed by atoms with van der Waals surface area (Å²) in [4.78, 5) is 31.9. The summed E-state index contributed by atoms with van der Waals surface area (Å²) in [5.74, 6) is -2.44. The summed E-state index contributed by atoms with van der Waals surface area (Å²) < 4.78 is 0. The van der Waals surface area contributed by atoms with Crippen molar-refractivity contribution in [1.82, 2.24) is 5.32 Å². The van der Waals surface area contributed by atoms with E-state index in [1.807, 2.05) is 0 Å². The van der Waals surface area contributed by atoms with E-state index < -0.39 is 35.7 Å². The van der Waals surface area contributed by atoms with Crippen molar-refractivity contribution in [2.75, 3.05) is 12.3 Å². The van der Waals surface area contributed by atoms with Gasteiger partial charge in [0.1, 0.15) is 12.6 Å².